The summed E-state index contributed by atoms with van der Waals surface area (Å²) in [6.07, 6.45) is 5.27. The number of nitrogens with zero attached hydrogens (tertiary/aromatic N) is 1. The van der Waals surface area contributed by atoms with E-state index in [0.29, 0.717) is 23.7 Å². The summed E-state index contributed by atoms with van der Waals surface area (Å²) in [6.45, 7) is 6.36. The van der Waals surface area contributed by atoms with Gasteiger partial charge in [0.05, 0.1) is 0 Å². The lowest BCUT2D eigenvalue weighted by atomic mass is 9.95. The number of anilines is 1. The van der Waals surface area contributed by atoms with Gasteiger partial charge in [-0.2, -0.15) is 0 Å². The summed E-state index contributed by atoms with van der Waals surface area (Å²) in [5.41, 5.74) is 4.06. The first-order chi connectivity index (χ1) is 12.9. The van der Waals surface area contributed by atoms with Crippen molar-refractivity contribution in [1.82, 2.24) is 10.3 Å². The predicted octanol–water partition coefficient (Wildman–Crippen LogP) is 4.17. The van der Waals surface area contributed by atoms with Crippen molar-refractivity contribution in [3.63, 3.8) is 0 Å². The maximum atomic E-state index is 12.4. The van der Waals surface area contributed by atoms with Gasteiger partial charge in [-0.25, -0.2) is 4.98 Å². The summed E-state index contributed by atoms with van der Waals surface area (Å²) < 4.78 is 0. The fraction of sp³-hybridized carbons (Fsp3) is 0.478. The third-order valence-electron chi connectivity index (χ3n) is 6.61. The molecular weight excluding hydrogens is 334 g/mol. The molecule has 0 bridgehead atoms. The Hall–Kier alpha value is -2.20. The number of hydrogen-bond acceptors (Lipinski definition) is 3. The van der Waals surface area contributed by atoms with Gasteiger partial charge in [-0.1, -0.05) is 43.3 Å². The number of pyridine rings is 1. The van der Waals surface area contributed by atoms with E-state index in [4.69, 9.17) is 0 Å². The minimum absolute atomic E-state index is 0.0543. The zero-order valence-corrected chi connectivity index (χ0v) is 16.5. The standard InChI is InChI=1S/C23H29N3O/c1-16-11-12-20(24-17(16)2)25-21(27)14-19-23(26-19)15-22(23,3)13-7-10-18-8-5-4-6-9-18/h4-6,8-9,11-12,19,26H,7,10,13-15H2,1-3H3,(H,24,25,27)/t19?,22-,23-/m0/s1. The van der Waals surface area contributed by atoms with E-state index in [-0.39, 0.29) is 11.4 Å². The predicted molar refractivity (Wildman–Crippen MR) is 109 cm³/mol. The molecule has 2 fully saturated rings. The Morgan fingerprint density at radius 3 is 2.74 bits per heavy atom. The van der Waals surface area contributed by atoms with Gasteiger partial charge < -0.3 is 10.6 Å². The number of nitrogens with one attached hydrogen (secondary N) is 2. The second-order valence-corrected chi connectivity index (χ2v) is 8.60. The van der Waals surface area contributed by atoms with Gasteiger partial charge in [0.25, 0.3) is 0 Å². The molecule has 4 rings (SSSR count). The van der Waals surface area contributed by atoms with Crippen LogP contribution in [0.25, 0.3) is 0 Å². The van der Waals surface area contributed by atoms with Gasteiger partial charge in [-0.05, 0) is 62.1 Å². The summed E-state index contributed by atoms with van der Waals surface area (Å²) in [4.78, 5) is 16.8. The average molecular weight is 364 g/mol. The molecule has 1 aliphatic heterocycles. The fourth-order valence-corrected chi connectivity index (χ4v) is 4.55. The van der Waals surface area contributed by atoms with Crippen molar-refractivity contribution in [2.45, 2.75) is 64.5 Å². The molecule has 2 heterocycles. The van der Waals surface area contributed by atoms with E-state index >= 15 is 0 Å². The van der Waals surface area contributed by atoms with Crippen molar-refractivity contribution in [2.75, 3.05) is 5.32 Å². The summed E-state index contributed by atoms with van der Waals surface area (Å²) in [5, 5.41) is 6.56. The number of amides is 1. The van der Waals surface area contributed by atoms with Crippen molar-refractivity contribution in [1.29, 1.82) is 0 Å². The first-order valence-corrected chi connectivity index (χ1v) is 9.98. The topological polar surface area (TPSA) is 63.9 Å². The molecule has 1 spiro atoms. The number of carbonyl (C=O) groups excluding carboxylic acids is 1. The van der Waals surface area contributed by atoms with Crippen LogP contribution in [0.3, 0.4) is 0 Å². The Bertz CT molecular complexity index is 850. The molecule has 142 valence electrons. The van der Waals surface area contributed by atoms with Crippen molar-refractivity contribution in [3.05, 3.63) is 59.3 Å². The smallest absolute Gasteiger partial charge is 0.227 e. The highest BCUT2D eigenvalue weighted by Gasteiger charge is 2.76. The lowest BCUT2D eigenvalue weighted by Crippen LogP contribution is -2.17. The summed E-state index contributed by atoms with van der Waals surface area (Å²) >= 11 is 0. The van der Waals surface area contributed by atoms with E-state index in [2.05, 4.69) is 52.9 Å². The van der Waals surface area contributed by atoms with Crippen LogP contribution < -0.4 is 10.6 Å². The third kappa shape index (κ3) is 3.63. The van der Waals surface area contributed by atoms with Crippen LogP contribution in [0.4, 0.5) is 5.82 Å². The maximum absolute atomic E-state index is 12.4. The van der Waals surface area contributed by atoms with Crippen LogP contribution in [0, 0.1) is 19.3 Å². The Morgan fingerprint density at radius 1 is 1.22 bits per heavy atom. The number of carbonyl (C=O) groups is 1. The van der Waals surface area contributed by atoms with Crippen LogP contribution in [-0.4, -0.2) is 22.5 Å². The van der Waals surface area contributed by atoms with Crippen molar-refractivity contribution in [3.8, 4) is 0 Å². The van der Waals surface area contributed by atoms with Crippen LogP contribution >= 0.6 is 0 Å². The number of aryl methyl sites for hydroxylation is 3. The van der Waals surface area contributed by atoms with Gasteiger partial charge in [0.1, 0.15) is 5.82 Å². The van der Waals surface area contributed by atoms with Crippen molar-refractivity contribution < 1.29 is 4.79 Å². The Labute approximate surface area is 161 Å². The zero-order chi connectivity index (χ0) is 19.1. The molecule has 1 saturated heterocycles. The van der Waals surface area contributed by atoms with Crippen LogP contribution in [0.1, 0.15) is 49.4 Å². The molecule has 1 unspecified atom stereocenters. The number of rotatable bonds is 7. The molecule has 2 aromatic rings. The molecule has 1 amide bonds. The van der Waals surface area contributed by atoms with Gasteiger partial charge in [0.2, 0.25) is 5.91 Å². The first-order valence-electron chi connectivity index (χ1n) is 9.98. The third-order valence-corrected chi connectivity index (χ3v) is 6.61. The number of benzene rings is 1. The molecule has 2 N–H and O–H groups in total. The lowest BCUT2D eigenvalue weighted by Gasteiger charge is -2.10. The first kappa shape index (κ1) is 18.2. The van der Waals surface area contributed by atoms with E-state index < -0.39 is 0 Å². The molecule has 4 heteroatoms. The second-order valence-electron chi connectivity index (χ2n) is 8.60. The molecule has 27 heavy (non-hydrogen) atoms. The largest absolute Gasteiger partial charge is 0.311 e. The Kier molecular flexibility index (Phi) is 4.55. The van der Waals surface area contributed by atoms with Gasteiger partial charge in [0.15, 0.2) is 0 Å². The molecule has 0 radical (unpaired) electrons. The molecule has 4 nitrogen and oxygen atoms in total. The maximum Gasteiger partial charge on any atom is 0.227 e. The molecule has 2 aliphatic rings. The Morgan fingerprint density at radius 2 is 2.00 bits per heavy atom. The minimum Gasteiger partial charge on any atom is -0.311 e. The second kappa shape index (κ2) is 6.75. The van der Waals surface area contributed by atoms with E-state index in [9.17, 15) is 4.79 Å². The normalized spacial score (nSPS) is 28.2. The van der Waals surface area contributed by atoms with Crippen LogP contribution in [-0.2, 0) is 11.2 Å². The highest BCUT2D eigenvalue weighted by Crippen LogP contribution is 2.68. The van der Waals surface area contributed by atoms with Crippen LogP contribution in [0.15, 0.2) is 42.5 Å². The highest BCUT2D eigenvalue weighted by molar-refractivity contribution is 5.90. The van der Waals surface area contributed by atoms with E-state index in [1.807, 2.05) is 26.0 Å². The van der Waals surface area contributed by atoms with Gasteiger partial charge in [0, 0.05) is 23.7 Å². The highest BCUT2D eigenvalue weighted by atomic mass is 16.1. The van der Waals surface area contributed by atoms with E-state index in [0.717, 1.165) is 17.7 Å². The molecule has 1 aromatic carbocycles. The van der Waals surface area contributed by atoms with E-state index in [1.165, 1.54) is 24.8 Å². The molecule has 1 saturated carbocycles. The van der Waals surface area contributed by atoms with Crippen molar-refractivity contribution in [2.24, 2.45) is 5.41 Å². The SMILES string of the molecule is Cc1ccc(NC(=O)CC2N[C@@]23C[C@]3(C)CCCc2ccccc2)nc1C. The summed E-state index contributed by atoms with van der Waals surface area (Å²) in [7, 11) is 0. The summed E-state index contributed by atoms with van der Waals surface area (Å²) in [5.74, 6) is 0.706. The zero-order valence-electron chi connectivity index (χ0n) is 16.5. The van der Waals surface area contributed by atoms with E-state index in [1.54, 1.807) is 0 Å². The molecular formula is C23H29N3O. The number of hydrogen-bond donors (Lipinski definition) is 2. The summed E-state index contributed by atoms with van der Waals surface area (Å²) in [6, 6.07) is 14.9. The van der Waals surface area contributed by atoms with Gasteiger partial charge >= 0.3 is 0 Å². The lowest BCUT2D eigenvalue weighted by molar-refractivity contribution is -0.116. The van der Waals surface area contributed by atoms with Gasteiger partial charge in [-0.15, -0.1) is 0 Å². The monoisotopic (exact) mass is 363 g/mol. The molecule has 3 atom stereocenters. The quantitative estimate of drug-likeness (QED) is 0.726. The molecule has 1 aromatic heterocycles. The van der Waals surface area contributed by atoms with Gasteiger partial charge in [-0.3, -0.25) is 4.79 Å². The van der Waals surface area contributed by atoms with Crippen LogP contribution in [0.2, 0.25) is 0 Å². The minimum atomic E-state index is 0.0543. The van der Waals surface area contributed by atoms with Crippen molar-refractivity contribution >= 4 is 11.7 Å². The Balaban J connectivity index is 1.24. The average Bonchev–Trinajstić information content (AvgIpc) is 3.48. The molecule has 1 aliphatic carbocycles. The fourth-order valence-electron chi connectivity index (χ4n) is 4.55. The number of aromatic nitrogens is 1. The van der Waals surface area contributed by atoms with Crippen LogP contribution in [0.5, 0.6) is 0 Å².